The van der Waals surface area contributed by atoms with Gasteiger partial charge in [-0.25, -0.2) is 8.42 Å². The van der Waals surface area contributed by atoms with E-state index in [1.165, 1.54) is 11.2 Å². The SMILES string of the molecule is CC(=O)Nc1ccc(S(=O)(=O)N2CCC(Oc3cccc4cccnc34)CC2)c(C)c1. The minimum absolute atomic E-state index is 0.0673. The van der Waals surface area contributed by atoms with Gasteiger partial charge in [-0.1, -0.05) is 18.2 Å². The van der Waals surface area contributed by atoms with E-state index < -0.39 is 10.0 Å². The van der Waals surface area contributed by atoms with Crippen LogP contribution in [0.25, 0.3) is 10.9 Å². The number of carbonyl (C=O) groups excluding carboxylic acids is 1. The number of hydrogen-bond donors (Lipinski definition) is 1. The Bertz CT molecular complexity index is 1210. The molecule has 2 aromatic carbocycles. The molecular weight excluding hydrogens is 414 g/mol. The predicted molar refractivity (Wildman–Crippen MR) is 120 cm³/mol. The number of ether oxygens (including phenoxy) is 1. The Hall–Kier alpha value is -2.97. The van der Waals surface area contributed by atoms with E-state index in [0.717, 1.165) is 16.7 Å². The van der Waals surface area contributed by atoms with Gasteiger partial charge in [0, 0.05) is 37.3 Å². The van der Waals surface area contributed by atoms with Gasteiger partial charge in [-0.05, 0) is 55.7 Å². The summed E-state index contributed by atoms with van der Waals surface area (Å²) in [5.74, 6) is 0.530. The first-order valence-electron chi connectivity index (χ1n) is 10.2. The highest BCUT2D eigenvalue weighted by molar-refractivity contribution is 7.89. The number of benzene rings is 2. The van der Waals surface area contributed by atoms with Crippen LogP contribution < -0.4 is 10.1 Å². The lowest BCUT2D eigenvalue weighted by molar-refractivity contribution is -0.114. The number of amides is 1. The van der Waals surface area contributed by atoms with Crippen molar-refractivity contribution in [3.63, 3.8) is 0 Å². The lowest BCUT2D eigenvalue weighted by atomic mass is 10.1. The van der Waals surface area contributed by atoms with E-state index in [9.17, 15) is 13.2 Å². The van der Waals surface area contributed by atoms with Crippen molar-refractivity contribution < 1.29 is 17.9 Å². The van der Waals surface area contributed by atoms with Crippen molar-refractivity contribution in [2.24, 2.45) is 0 Å². The Kier molecular flexibility index (Phi) is 5.93. The second kappa shape index (κ2) is 8.64. The van der Waals surface area contributed by atoms with Crippen molar-refractivity contribution in [2.75, 3.05) is 18.4 Å². The smallest absolute Gasteiger partial charge is 0.243 e. The number of aromatic nitrogens is 1. The van der Waals surface area contributed by atoms with E-state index in [0.29, 0.717) is 37.2 Å². The molecule has 3 aromatic rings. The van der Waals surface area contributed by atoms with E-state index in [1.54, 1.807) is 31.3 Å². The number of aryl methyl sites for hydroxylation is 1. The normalized spacial score (nSPS) is 15.7. The zero-order valence-corrected chi connectivity index (χ0v) is 18.4. The van der Waals surface area contributed by atoms with Gasteiger partial charge in [-0.3, -0.25) is 9.78 Å². The van der Waals surface area contributed by atoms with E-state index in [-0.39, 0.29) is 16.9 Å². The molecule has 1 aliphatic rings. The summed E-state index contributed by atoms with van der Waals surface area (Å²) in [6.45, 7) is 3.93. The lowest BCUT2D eigenvalue weighted by Gasteiger charge is -2.32. The first kappa shape index (κ1) is 21.3. The number of hydrogen-bond acceptors (Lipinski definition) is 5. The molecule has 0 atom stereocenters. The molecule has 0 spiro atoms. The molecule has 31 heavy (non-hydrogen) atoms. The third-order valence-electron chi connectivity index (χ3n) is 5.40. The fraction of sp³-hybridized carbons (Fsp3) is 0.304. The molecule has 7 nitrogen and oxygen atoms in total. The molecule has 1 amide bonds. The Morgan fingerprint density at radius 1 is 1.13 bits per heavy atom. The lowest BCUT2D eigenvalue weighted by Crippen LogP contribution is -2.41. The van der Waals surface area contributed by atoms with Crippen LogP contribution in [0.1, 0.15) is 25.3 Å². The number of rotatable bonds is 5. The minimum atomic E-state index is -3.62. The number of para-hydroxylation sites is 1. The van der Waals surface area contributed by atoms with Gasteiger partial charge in [0.2, 0.25) is 15.9 Å². The summed E-state index contributed by atoms with van der Waals surface area (Å²) in [6, 6.07) is 14.6. The molecule has 1 fully saturated rings. The van der Waals surface area contributed by atoms with Gasteiger partial charge in [0.25, 0.3) is 0 Å². The van der Waals surface area contributed by atoms with Crippen LogP contribution in [0.15, 0.2) is 59.6 Å². The van der Waals surface area contributed by atoms with E-state index in [4.69, 9.17) is 4.74 Å². The molecule has 0 aliphatic carbocycles. The van der Waals surface area contributed by atoms with Crippen LogP contribution in [0.5, 0.6) is 5.75 Å². The molecular formula is C23H25N3O4S. The van der Waals surface area contributed by atoms with Gasteiger partial charge < -0.3 is 10.1 Å². The zero-order valence-electron chi connectivity index (χ0n) is 17.5. The van der Waals surface area contributed by atoms with Gasteiger partial charge in [-0.2, -0.15) is 4.31 Å². The van der Waals surface area contributed by atoms with Crippen LogP contribution in [-0.4, -0.2) is 42.8 Å². The molecule has 2 heterocycles. The average molecular weight is 440 g/mol. The molecule has 1 N–H and O–H groups in total. The van der Waals surface area contributed by atoms with Crippen molar-refractivity contribution in [2.45, 2.75) is 37.7 Å². The molecule has 0 saturated carbocycles. The summed E-state index contributed by atoms with van der Waals surface area (Å²) in [5.41, 5.74) is 2.00. The molecule has 1 saturated heterocycles. The fourth-order valence-electron chi connectivity index (χ4n) is 3.90. The van der Waals surface area contributed by atoms with Crippen LogP contribution in [-0.2, 0) is 14.8 Å². The monoisotopic (exact) mass is 439 g/mol. The van der Waals surface area contributed by atoms with E-state index in [2.05, 4.69) is 10.3 Å². The average Bonchev–Trinajstić information content (AvgIpc) is 2.74. The largest absolute Gasteiger partial charge is 0.488 e. The fourth-order valence-corrected chi connectivity index (χ4v) is 5.58. The van der Waals surface area contributed by atoms with Gasteiger partial charge >= 0.3 is 0 Å². The van der Waals surface area contributed by atoms with Crippen LogP contribution in [0, 0.1) is 6.92 Å². The Balaban J connectivity index is 1.45. The number of fused-ring (bicyclic) bond motifs is 1. The van der Waals surface area contributed by atoms with E-state index in [1.807, 2.05) is 30.3 Å². The summed E-state index contributed by atoms with van der Waals surface area (Å²) in [7, 11) is -3.62. The summed E-state index contributed by atoms with van der Waals surface area (Å²) >= 11 is 0. The zero-order chi connectivity index (χ0) is 22.0. The molecule has 8 heteroatoms. The highest BCUT2D eigenvalue weighted by atomic mass is 32.2. The maximum atomic E-state index is 13.2. The second-order valence-corrected chi connectivity index (χ2v) is 9.62. The Morgan fingerprint density at radius 2 is 1.87 bits per heavy atom. The number of nitrogens with zero attached hydrogens (tertiary/aromatic N) is 2. The topological polar surface area (TPSA) is 88.6 Å². The number of piperidine rings is 1. The number of sulfonamides is 1. The third-order valence-corrected chi connectivity index (χ3v) is 7.46. The molecule has 1 aliphatic heterocycles. The van der Waals surface area contributed by atoms with Crippen LogP contribution in [0.4, 0.5) is 5.69 Å². The first-order chi connectivity index (χ1) is 14.8. The molecule has 162 valence electrons. The Labute approximate surface area is 182 Å². The maximum absolute atomic E-state index is 13.2. The number of anilines is 1. The minimum Gasteiger partial charge on any atom is -0.488 e. The highest BCUT2D eigenvalue weighted by Gasteiger charge is 2.31. The standard InChI is InChI=1S/C23H25N3O4S/c1-16-15-19(25-17(2)27)8-9-22(16)31(28,29)26-13-10-20(11-14-26)30-21-7-3-5-18-6-4-12-24-23(18)21/h3-9,12,15,20H,10-11,13-14H2,1-2H3,(H,25,27). The molecule has 0 unspecified atom stereocenters. The van der Waals surface area contributed by atoms with Crippen LogP contribution in [0.2, 0.25) is 0 Å². The predicted octanol–water partition coefficient (Wildman–Crippen LogP) is 3.73. The van der Waals surface area contributed by atoms with Crippen molar-refractivity contribution in [3.8, 4) is 5.75 Å². The van der Waals surface area contributed by atoms with Crippen molar-refractivity contribution >= 4 is 32.5 Å². The van der Waals surface area contributed by atoms with Crippen molar-refractivity contribution in [3.05, 3.63) is 60.3 Å². The first-order valence-corrected chi connectivity index (χ1v) is 11.7. The quantitative estimate of drug-likeness (QED) is 0.654. The molecule has 0 radical (unpaired) electrons. The molecule has 0 bridgehead atoms. The number of nitrogens with one attached hydrogen (secondary N) is 1. The van der Waals surface area contributed by atoms with Gasteiger partial charge in [0.05, 0.1) is 4.90 Å². The van der Waals surface area contributed by atoms with Gasteiger partial charge in [-0.15, -0.1) is 0 Å². The van der Waals surface area contributed by atoms with Crippen LogP contribution in [0.3, 0.4) is 0 Å². The molecule has 4 rings (SSSR count). The third kappa shape index (κ3) is 4.55. The molecule has 1 aromatic heterocycles. The van der Waals surface area contributed by atoms with Crippen LogP contribution >= 0.6 is 0 Å². The van der Waals surface area contributed by atoms with Gasteiger partial charge in [0.1, 0.15) is 17.4 Å². The van der Waals surface area contributed by atoms with Crippen molar-refractivity contribution in [1.82, 2.24) is 9.29 Å². The highest BCUT2D eigenvalue weighted by Crippen LogP contribution is 2.29. The second-order valence-electron chi connectivity index (χ2n) is 7.71. The number of carbonyl (C=O) groups is 1. The summed E-state index contributed by atoms with van der Waals surface area (Å²) in [5, 5.41) is 3.69. The van der Waals surface area contributed by atoms with E-state index >= 15 is 0 Å². The number of pyridine rings is 1. The maximum Gasteiger partial charge on any atom is 0.243 e. The Morgan fingerprint density at radius 3 is 2.58 bits per heavy atom. The van der Waals surface area contributed by atoms with Crippen molar-refractivity contribution in [1.29, 1.82) is 0 Å². The summed E-state index contributed by atoms with van der Waals surface area (Å²) in [4.78, 5) is 15.9. The summed E-state index contributed by atoms with van der Waals surface area (Å²) in [6.07, 6.45) is 2.88. The summed E-state index contributed by atoms with van der Waals surface area (Å²) < 4.78 is 34.0. The van der Waals surface area contributed by atoms with Gasteiger partial charge in [0.15, 0.2) is 0 Å².